The normalized spacial score (nSPS) is 24.0. The fourth-order valence-corrected chi connectivity index (χ4v) is 8.77. The van der Waals surface area contributed by atoms with E-state index in [9.17, 15) is 4.79 Å². The number of hydrogen-bond donors (Lipinski definition) is 1. The third kappa shape index (κ3) is 10.9. The van der Waals surface area contributed by atoms with Crippen molar-refractivity contribution >= 4 is 42.8 Å². The highest BCUT2D eigenvalue weighted by Gasteiger charge is 2.55. The Morgan fingerprint density at radius 3 is 1.73 bits per heavy atom. The van der Waals surface area contributed by atoms with Crippen molar-refractivity contribution in [1.29, 1.82) is 0 Å². The zero-order valence-corrected chi connectivity index (χ0v) is 35.1. The van der Waals surface area contributed by atoms with Crippen molar-refractivity contribution in [2.75, 3.05) is 12.4 Å². The van der Waals surface area contributed by atoms with Gasteiger partial charge in [0.2, 0.25) is 0 Å². The van der Waals surface area contributed by atoms with Gasteiger partial charge in [-0.1, -0.05) is 99.6 Å². The van der Waals surface area contributed by atoms with Crippen LogP contribution >= 0.6 is 11.8 Å². The number of benzene rings is 1. The van der Waals surface area contributed by atoms with Crippen LogP contribution in [0.15, 0.2) is 30.3 Å². The minimum absolute atomic E-state index is 0.0439. The van der Waals surface area contributed by atoms with E-state index in [2.05, 4.69) is 114 Å². The van der Waals surface area contributed by atoms with Gasteiger partial charge in [-0.25, -0.2) is 4.79 Å². The molecule has 1 aromatic carbocycles. The second-order valence-corrected chi connectivity index (χ2v) is 32.7. The monoisotopic (exact) mass is 699 g/mol. The lowest BCUT2D eigenvalue weighted by Gasteiger charge is -2.52. The fraction of sp³-hybridized carbons (Fsp3) is 0.794. The number of ether oxygens (including phenoxy) is 2. The van der Waals surface area contributed by atoms with Crippen LogP contribution in [-0.2, 0) is 29.3 Å². The first-order chi connectivity index (χ1) is 20.3. The van der Waals surface area contributed by atoms with Crippen molar-refractivity contribution < 1.29 is 27.5 Å². The minimum Gasteiger partial charge on any atom is -0.440 e. The molecule has 0 aromatic heterocycles. The lowest BCUT2D eigenvalue weighted by Crippen LogP contribution is -2.66. The number of hydrogen-bond acceptors (Lipinski definition) is 7. The Labute approximate surface area is 283 Å². The van der Waals surface area contributed by atoms with Crippen LogP contribution < -0.4 is 5.32 Å². The Bertz CT molecular complexity index is 1080. The fourth-order valence-electron chi connectivity index (χ4n) is 4.19. The van der Waals surface area contributed by atoms with E-state index < -0.39 is 54.8 Å². The van der Waals surface area contributed by atoms with E-state index in [1.54, 1.807) is 11.8 Å². The van der Waals surface area contributed by atoms with Crippen molar-refractivity contribution in [2.45, 2.75) is 160 Å². The highest BCUT2D eigenvalue weighted by Crippen LogP contribution is 2.45. The summed E-state index contributed by atoms with van der Waals surface area (Å²) < 4.78 is 34.6. The van der Waals surface area contributed by atoms with Crippen LogP contribution in [0.2, 0.25) is 54.4 Å². The van der Waals surface area contributed by atoms with E-state index in [0.717, 1.165) is 11.3 Å². The van der Waals surface area contributed by atoms with Gasteiger partial charge < -0.3 is 28.1 Å². The van der Waals surface area contributed by atoms with E-state index in [0.29, 0.717) is 13.2 Å². The summed E-state index contributed by atoms with van der Waals surface area (Å²) in [5.74, 6) is 0.798. The molecule has 0 bridgehead atoms. The molecule has 1 aliphatic rings. The van der Waals surface area contributed by atoms with Crippen molar-refractivity contribution in [2.24, 2.45) is 0 Å². The molecule has 0 radical (unpaired) electrons. The molecule has 0 spiro atoms. The van der Waals surface area contributed by atoms with Gasteiger partial charge in [0.1, 0.15) is 23.7 Å². The number of rotatable bonds is 12. The second-order valence-electron chi connectivity index (χ2n) is 17.0. The van der Waals surface area contributed by atoms with Crippen LogP contribution in [0.5, 0.6) is 0 Å². The van der Waals surface area contributed by atoms with Gasteiger partial charge in [0.25, 0.3) is 0 Å². The summed E-state index contributed by atoms with van der Waals surface area (Å²) >= 11 is 1.64. The van der Waals surface area contributed by atoms with Crippen molar-refractivity contribution in [1.82, 2.24) is 5.32 Å². The maximum absolute atomic E-state index is 13.4. The SMILES string of the molecule is CCS[C@@H]1O[C@H](CO[Si](C)(C)C(C)(C)C)[C@@H](O[Si](C)(C)C(C)(C)C)[C@H](O[Si](C)(C)C(C)(C)C)[C@H]1OC(=O)NCc1ccccc1. The lowest BCUT2D eigenvalue weighted by molar-refractivity contribution is -0.195. The van der Waals surface area contributed by atoms with Gasteiger partial charge in [-0.3, -0.25) is 0 Å². The lowest BCUT2D eigenvalue weighted by atomic mass is 10.0. The van der Waals surface area contributed by atoms with E-state index >= 15 is 0 Å². The molecule has 7 nitrogen and oxygen atoms in total. The minimum atomic E-state index is -2.36. The smallest absolute Gasteiger partial charge is 0.407 e. The van der Waals surface area contributed by atoms with Crippen LogP contribution in [0.25, 0.3) is 0 Å². The largest absolute Gasteiger partial charge is 0.440 e. The number of nitrogens with one attached hydrogen (secondary N) is 1. The Balaban J connectivity index is 2.61. The molecule has 1 amide bonds. The molecule has 1 saturated heterocycles. The summed E-state index contributed by atoms with van der Waals surface area (Å²) in [7, 11) is -6.79. The molecule has 45 heavy (non-hydrogen) atoms. The van der Waals surface area contributed by atoms with E-state index in [4.69, 9.17) is 22.8 Å². The summed E-state index contributed by atoms with van der Waals surface area (Å²) in [5, 5.41) is 2.91. The highest BCUT2D eigenvalue weighted by atomic mass is 32.2. The topological polar surface area (TPSA) is 75.2 Å². The third-order valence-electron chi connectivity index (χ3n) is 10.3. The van der Waals surface area contributed by atoms with Crippen LogP contribution in [0.4, 0.5) is 4.79 Å². The van der Waals surface area contributed by atoms with Crippen LogP contribution in [-0.4, -0.2) is 73.3 Å². The summed E-state index contributed by atoms with van der Waals surface area (Å²) in [6.45, 7) is 36.6. The predicted octanol–water partition coefficient (Wildman–Crippen LogP) is 9.56. The molecular weight excluding hydrogens is 635 g/mol. The Kier molecular flexibility index (Phi) is 13.7. The molecule has 11 heteroatoms. The standard InChI is InChI=1S/C34H65NO6SSi3/c1-17-42-30-29(39-31(36)35-23-25-21-19-18-20-22-25)28(41-45(15,16)34(8,9)10)27(40-44(13,14)33(5,6)7)26(38-30)24-37-43(11,12)32(2,3)4/h18-22,26-30H,17,23-24H2,1-16H3,(H,35,36)/t26-,27-,28+,29-,30+/m1/s1. The number of carbonyl (C=O) groups is 1. The molecule has 2 rings (SSSR count). The van der Waals surface area contributed by atoms with E-state index in [1.807, 2.05) is 30.3 Å². The zero-order chi connectivity index (χ0) is 34.6. The summed E-state index contributed by atoms with van der Waals surface area (Å²) in [4.78, 5) is 13.4. The van der Waals surface area contributed by atoms with Crippen molar-refractivity contribution in [3.8, 4) is 0 Å². The highest BCUT2D eigenvalue weighted by molar-refractivity contribution is 7.99. The maximum Gasteiger partial charge on any atom is 0.407 e. The maximum atomic E-state index is 13.4. The van der Waals surface area contributed by atoms with Crippen LogP contribution in [0, 0.1) is 0 Å². The molecule has 5 atom stereocenters. The van der Waals surface area contributed by atoms with E-state index in [1.165, 1.54) is 0 Å². The van der Waals surface area contributed by atoms with Crippen molar-refractivity contribution in [3.05, 3.63) is 35.9 Å². The van der Waals surface area contributed by atoms with Gasteiger partial charge in [0, 0.05) is 6.54 Å². The average Bonchev–Trinajstić information content (AvgIpc) is 2.88. The predicted molar refractivity (Wildman–Crippen MR) is 198 cm³/mol. The average molecular weight is 700 g/mol. The number of thioether (sulfide) groups is 1. The van der Waals surface area contributed by atoms with Gasteiger partial charge >= 0.3 is 6.09 Å². The van der Waals surface area contributed by atoms with Gasteiger partial charge in [-0.2, -0.15) is 0 Å². The molecule has 1 heterocycles. The van der Waals surface area contributed by atoms with Crippen LogP contribution in [0.3, 0.4) is 0 Å². The molecule has 0 saturated carbocycles. The first-order valence-corrected chi connectivity index (χ1v) is 26.4. The molecule has 1 fully saturated rings. The van der Waals surface area contributed by atoms with Gasteiger partial charge in [-0.15, -0.1) is 11.8 Å². The van der Waals surface area contributed by atoms with Gasteiger partial charge in [-0.05, 0) is 65.7 Å². The molecule has 0 unspecified atom stereocenters. The molecule has 0 aliphatic carbocycles. The summed E-state index contributed by atoms with van der Waals surface area (Å²) in [6, 6.07) is 9.86. The molecule has 1 N–H and O–H groups in total. The molecule has 1 aromatic rings. The van der Waals surface area contributed by atoms with E-state index in [-0.39, 0.29) is 21.2 Å². The quantitative estimate of drug-likeness (QED) is 0.218. The summed E-state index contributed by atoms with van der Waals surface area (Å²) in [5.41, 5.74) is 0.574. The first kappa shape index (κ1) is 40.5. The molecular formula is C34H65NO6SSi3. The van der Waals surface area contributed by atoms with Crippen LogP contribution in [0.1, 0.15) is 74.8 Å². The number of alkyl carbamates (subject to hydrolysis) is 1. The third-order valence-corrected chi connectivity index (χ3v) is 24.8. The number of carbonyl (C=O) groups excluding carboxylic acids is 1. The Morgan fingerprint density at radius 2 is 1.27 bits per heavy atom. The number of amides is 1. The van der Waals surface area contributed by atoms with Gasteiger partial charge in [0.05, 0.1) is 6.61 Å². The van der Waals surface area contributed by atoms with Gasteiger partial charge in [0.15, 0.2) is 31.1 Å². The Hall–Kier alpha value is -0.669. The van der Waals surface area contributed by atoms with Crippen molar-refractivity contribution in [3.63, 3.8) is 0 Å². The second kappa shape index (κ2) is 15.3. The molecule has 260 valence electrons. The first-order valence-electron chi connectivity index (χ1n) is 16.6. The molecule has 1 aliphatic heterocycles. The Morgan fingerprint density at radius 1 is 0.778 bits per heavy atom. The zero-order valence-electron chi connectivity index (χ0n) is 31.3. The summed E-state index contributed by atoms with van der Waals surface area (Å²) in [6.07, 6.45) is -2.52.